The molecule has 0 unspecified atom stereocenters. The van der Waals surface area contributed by atoms with Crippen LogP contribution < -0.4 is 20.9 Å². The van der Waals surface area contributed by atoms with Gasteiger partial charge in [-0.25, -0.2) is 14.6 Å². The summed E-state index contributed by atoms with van der Waals surface area (Å²) in [5, 5.41) is 3.08. The molecule has 6 nitrogen and oxygen atoms in total. The van der Waals surface area contributed by atoms with Gasteiger partial charge < -0.3 is 10.1 Å². The summed E-state index contributed by atoms with van der Waals surface area (Å²) < 4.78 is 19.1. The third-order valence-electron chi connectivity index (χ3n) is 2.80. The zero-order valence-electron chi connectivity index (χ0n) is 12.7. The Morgan fingerprint density at radius 1 is 1.04 bits per heavy atom. The molecule has 138 valence electrons. The number of urea groups is 1. The number of carbonyl (C=O) groups is 2. The number of amides is 3. The van der Waals surface area contributed by atoms with Crippen LogP contribution in [0.2, 0.25) is 10.0 Å². The van der Waals surface area contributed by atoms with Crippen LogP contribution in [0.3, 0.4) is 0 Å². The maximum absolute atomic E-state index is 13.2. The van der Waals surface area contributed by atoms with Gasteiger partial charge in [0.15, 0.2) is 6.61 Å². The lowest BCUT2D eigenvalue weighted by atomic mass is 10.3. The molecule has 0 aliphatic rings. The highest BCUT2D eigenvalue weighted by atomic mass is 79.9. The van der Waals surface area contributed by atoms with Crippen molar-refractivity contribution in [3.05, 3.63) is 55.1 Å². The van der Waals surface area contributed by atoms with Crippen molar-refractivity contribution in [3.63, 3.8) is 0 Å². The average molecular weight is 530 g/mol. The third kappa shape index (κ3) is 6.01. The van der Waals surface area contributed by atoms with Crippen molar-refractivity contribution in [1.29, 1.82) is 0 Å². The minimum absolute atomic E-state index is 0.252. The number of halogens is 5. The van der Waals surface area contributed by atoms with Crippen LogP contribution in [0.15, 0.2) is 39.3 Å². The topological polar surface area (TPSA) is 79.5 Å². The first-order valence-corrected chi connectivity index (χ1v) is 9.18. The first-order chi connectivity index (χ1) is 12.3. The highest BCUT2D eigenvalue weighted by molar-refractivity contribution is 9.11. The van der Waals surface area contributed by atoms with Crippen LogP contribution >= 0.6 is 55.1 Å². The van der Waals surface area contributed by atoms with Crippen molar-refractivity contribution >= 4 is 72.7 Å². The second kappa shape index (κ2) is 9.40. The van der Waals surface area contributed by atoms with Crippen molar-refractivity contribution in [3.8, 4) is 5.75 Å². The van der Waals surface area contributed by atoms with Gasteiger partial charge in [-0.1, -0.05) is 23.2 Å². The summed E-state index contributed by atoms with van der Waals surface area (Å²) in [6.45, 7) is -0.407. The summed E-state index contributed by atoms with van der Waals surface area (Å²) >= 11 is 17.9. The van der Waals surface area contributed by atoms with Gasteiger partial charge in [-0.3, -0.25) is 10.2 Å². The Bertz CT molecular complexity index is 832. The Hall–Kier alpha value is -1.55. The molecule has 3 N–H and O–H groups in total. The summed E-state index contributed by atoms with van der Waals surface area (Å²) in [7, 11) is 0. The third-order valence-corrected chi connectivity index (χ3v) is 4.72. The van der Waals surface area contributed by atoms with Gasteiger partial charge in [0, 0.05) is 5.69 Å². The number of nitrogens with one attached hydrogen (secondary N) is 3. The fourth-order valence-electron chi connectivity index (χ4n) is 1.70. The van der Waals surface area contributed by atoms with Gasteiger partial charge in [-0.05, 0) is 62.2 Å². The van der Waals surface area contributed by atoms with E-state index in [1.165, 1.54) is 24.3 Å². The number of ether oxygens (including phenoxy) is 1. The fourth-order valence-corrected chi connectivity index (χ4v) is 3.36. The molecule has 2 aromatic rings. The molecule has 2 aromatic carbocycles. The molecule has 11 heteroatoms. The van der Waals surface area contributed by atoms with E-state index >= 15 is 0 Å². The summed E-state index contributed by atoms with van der Waals surface area (Å²) in [4.78, 5) is 23.5. The van der Waals surface area contributed by atoms with Crippen LogP contribution in [-0.4, -0.2) is 18.5 Å². The predicted octanol–water partition coefficient (Wildman–Crippen LogP) is 4.89. The van der Waals surface area contributed by atoms with E-state index in [1.54, 1.807) is 6.07 Å². The van der Waals surface area contributed by atoms with Gasteiger partial charge in [0.2, 0.25) is 0 Å². The zero-order valence-corrected chi connectivity index (χ0v) is 17.4. The van der Waals surface area contributed by atoms with Crippen LogP contribution in [0.4, 0.5) is 14.9 Å². The van der Waals surface area contributed by atoms with E-state index in [9.17, 15) is 14.0 Å². The second-order valence-electron chi connectivity index (χ2n) is 4.74. The molecule has 2 rings (SSSR count). The highest BCUT2D eigenvalue weighted by Crippen LogP contribution is 2.34. The van der Waals surface area contributed by atoms with Crippen molar-refractivity contribution in [1.82, 2.24) is 10.9 Å². The molecule has 0 fully saturated rings. The maximum atomic E-state index is 13.2. The highest BCUT2D eigenvalue weighted by Gasteiger charge is 2.12. The van der Waals surface area contributed by atoms with Gasteiger partial charge in [0.1, 0.15) is 11.6 Å². The molecule has 26 heavy (non-hydrogen) atoms. The Morgan fingerprint density at radius 2 is 1.69 bits per heavy atom. The Morgan fingerprint density at radius 3 is 2.31 bits per heavy atom. The molecule has 0 radical (unpaired) electrons. The van der Waals surface area contributed by atoms with Crippen LogP contribution in [0, 0.1) is 5.82 Å². The molecule has 0 atom stereocenters. The first-order valence-electron chi connectivity index (χ1n) is 6.84. The normalized spacial score (nSPS) is 10.2. The van der Waals surface area contributed by atoms with Crippen LogP contribution in [0.1, 0.15) is 0 Å². The molecular weight excluding hydrogens is 520 g/mol. The lowest BCUT2D eigenvalue weighted by Gasteiger charge is -2.12. The molecule has 0 aliphatic heterocycles. The largest absolute Gasteiger partial charge is 0.481 e. The molecule has 0 bridgehead atoms. The second-order valence-corrected chi connectivity index (χ2v) is 7.27. The summed E-state index contributed by atoms with van der Waals surface area (Å²) in [5.41, 5.74) is 4.70. The fraction of sp³-hybridized carbons (Fsp3) is 0.0667. The smallest absolute Gasteiger partial charge is 0.337 e. The molecule has 0 aromatic heterocycles. The quantitative estimate of drug-likeness (QED) is 0.493. The van der Waals surface area contributed by atoms with Crippen LogP contribution in [0.25, 0.3) is 0 Å². The molecule has 0 aliphatic carbocycles. The zero-order chi connectivity index (χ0) is 19.3. The summed E-state index contributed by atoms with van der Waals surface area (Å²) in [6, 6.07) is 6.22. The van der Waals surface area contributed by atoms with E-state index in [2.05, 4.69) is 48.0 Å². The van der Waals surface area contributed by atoms with Gasteiger partial charge >= 0.3 is 6.03 Å². The van der Waals surface area contributed by atoms with E-state index in [-0.39, 0.29) is 10.8 Å². The van der Waals surface area contributed by atoms with E-state index < -0.39 is 24.4 Å². The number of hydrogen-bond donors (Lipinski definition) is 3. The standard InChI is InChI=1S/C15H10Br2Cl2FN3O3/c16-9-3-7(20)4-10(17)14(9)26-6-13(24)22-23-15(25)21-8-1-2-11(18)12(19)5-8/h1-5H,6H2,(H,22,24)(H2,21,23,25). The number of carbonyl (C=O) groups excluding carboxylic acids is 2. The van der Waals surface area contributed by atoms with Crippen molar-refractivity contribution in [2.24, 2.45) is 0 Å². The van der Waals surface area contributed by atoms with Gasteiger partial charge in [-0.2, -0.15) is 0 Å². The van der Waals surface area contributed by atoms with Gasteiger partial charge in [-0.15, -0.1) is 0 Å². The van der Waals surface area contributed by atoms with Crippen molar-refractivity contribution in [2.45, 2.75) is 0 Å². The Kier molecular flexibility index (Phi) is 7.51. The molecule has 0 heterocycles. The lowest BCUT2D eigenvalue weighted by Crippen LogP contribution is -2.45. The number of hydrogen-bond acceptors (Lipinski definition) is 3. The minimum atomic E-state index is -0.694. The lowest BCUT2D eigenvalue weighted by molar-refractivity contribution is -0.123. The molecule has 3 amide bonds. The molecular formula is C15H10Br2Cl2FN3O3. The average Bonchev–Trinajstić information content (AvgIpc) is 2.55. The van der Waals surface area contributed by atoms with E-state index in [4.69, 9.17) is 27.9 Å². The van der Waals surface area contributed by atoms with Crippen LogP contribution in [-0.2, 0) is 4.79 Å². The van der Waals surface area contributed by atoms with E-state index in [0.717, 1.165) is 0 Å². The first kappa shape index (κ1) is 20.8. The number of hydrazine groups is 1. The molecule has 0 saturated heterocycles. The van der Waals surface area contributed by atoms with Gasteiger partial charge in [0.05, 0.1) is 19.0 Å². The summed E-state index contributed by atoms with van der Waals surface area (Å²) in [6.07, 6.45) is 0. The number of rotatable bonds is 4. The predicted molar refractivity (Wildman–Crippen MR) is 104 cm³/mol. The SMILES string of the molecule is O=C(COc1c(Br)cc(F)cc1Br)NNC(=O)Nc1ccc(Cl)c(Cl)c1. The summed E-state index contributed by atoms with van der Waals surface area (Å²) in [5.74, 6) is -0.847. The van der Waals surface area contributed by atoms with Crippen molar-refractivity contribution in [2.75, 3.05) is 11.9 Å². The maximum Gasteiger partial charge on any atom is 0.337 e. The van der Waals surface area contributed by atoms with E-state index in [1.807, 2.05) is 0 Å². The minimum Gasteiger partial charge on any atom is -0.481 e. The molecule has 0 saturated carbocycles. The van der Waals surface area contributed by atoms with Gasteiger partial charge in [0.25, 0.3) is 5.91 Å². The van der Waals surface area contributed by atoms with Crippen molar-refractivity contribution < 1.29 is 18.7 Å². The monoisotopic (exact) mass is 527 g/mol. The Balaban J connectivity index is 1.81. The number of benzene rings is 2. The number of anilines is 1. The van der Waals surface area contributed by atoms with Crippen LogP contribution in [0.5, 0.6) is 5.75 Å². The van der Waals surface area contributed by atoms with E-state index in [0.29, 0.717) is 19.7 Å². The molecule has 0 spiro atoms. The Labute approximate surface area is 174 Å².